The number of ketones is 1. The van der Waals surface area contributed by atoms with Crippen LogP contribution in [0, 0.1) is 12.7 Å². The van der Waals surface area contributed by atoms with Crippen LogP contribution in [0.1, 0.15) is 15.9 Å². The van der Waals surface area contributed by atoms with Gasteiger partial charge in [-0.05, 0) is 30.7 Å². The van der Waals surface area contributed by atoms with Crippen LogP contribution >= 0.6 is 23.2 Å². The smallest absolute Gasteiger partial charge is 0.195 e. The molecule has 0 radical (unpaired) electrons. The number of halogens is 3. The molecule has 0 aliphatic heterocycles. The maximum absolute atomic E-state index is 12.8. The first kappa shape index (κ1) is 10.5. The lowest BCUT2D eigenvalue weighted by Gasteiger charge is -2.02. The van der Waals surface area contributed by atoms with Gasteiger partial charge in [0.25, 0.3) is 0 Å². The zero-order chi connectivity index (χ0) is 10.0. The van der Waals surface area contributed by atoms with Crippen LogP contribution in [-0.2, 0) is 0 Å². The van der Waals surface area contributed by atoms with E-state index in [4.69, 9.17) is 23.2 Å². The normalized spacial score (nSPS) is 10.5. The van der Waals surface area contributed by atoms with Crippen LogP contribution < -0.4 is 0 Å². The number of alkyl halides is 2. The third kappa shape index (κ3) is 2.68. The first-order chi connectivity index (χ1) is 6.00. The van der Waals surface area contributed by atoms with Gasteiger partial charge in [-0.2, -0.15) is 0 Å². The van der Waals surface area contributed by atoms with Gasteiger partial charge in [-0.15, -0.1) is 0 Å². The average molecular weight is 221 g/mol. The Morgan fingerprint density at radius 1 is 1.38 bits per heavy atom. The summed E-state index contributed by atoms with van der Waals surface area (Å²) < 4.78 is 12.8. The highest BCUT2D eigenvalue weighted by Crippen LogP contribution is 2.14. The van der Waals surface area contributed by atoms with Crippen molar-refractivity contribution in [2.45, 2.75) is 11.8 Å². The highest BCUT2D eigenvalue weighted by molar-refractivity contribution is 6.55. The molecule has 0 atom stereocenters. The fraction of sp³-hybridized carbons (Fsp3) is 0.222. The molecule has 0 aliphatic carbocycles. The van der Waals surface area contributed by atoms with Crippen molar-refractivity contribution in [3.63, 3.8) is 0 Å². The lowest BCUT2D eigenvalue weighted by atomic mass is 10.1. The molecular weight excluding hydrogens is 214 g/mol. The van der Waals surface area contributed by atoms with Crippen molar-refractivity contribution >= 4 is 29.0 Å². The summed E-state index contributed by atoms with van der Waals surface area (Å²) in [5.74, 6) is -0.941. The second-order valence-electron chi connectivity index (χ2n) is 2.68. The van der Waals surface area contributed by atoms with E-state index in [0.717, 1.165) is 6.07 Å². The fourth-order valence-corrected chi connectivity index (χ4v) is 1.26. The van der Waals surface area contributed by atoms with Crippen LogP contribution in [0.2, 0.25) is 0 Å². The van der Waals surface area contributed by atoms with Gasteiger partial charge in [0.2, 0.25) is 0 Å². The second-order valence-corrected chi connectivity index (χ2v) is 3.78. The molecule has 0 unspecified atom stereocenters. The predicted octanol–water partition coefficient (Wildman–Crippen LogP) is 3.12. The van der Waals surface area contributed by atoms with Crippen LogP contribution in [0.4, 0.5) is 4.39 Å². The molecule has 0 heterocycles. The van der Waals surface area contributed by atoms with Gasteiger partial charge in [-0.1, -0.05) is 23.2 Å². The van der Waals surface area contributed by atoms with Crippen molar-refractivity contribution in [3.05, 3.63) is 35.1 Å². The molecule has 1 nitrogen and oxygen atoms in total. The van der Waals surface area contributed by atoms with Crippen molar-refractivity contribution in [1.29, 1.82) is 0 Å². The van der Waals surface area contributed by atoms with Gasteiger partial charge in [0.1, 0.15) is 5.82 Å². The van der Waals surface area contributed by atoms with Crippen molar-refractivity contribution in [2.75, 3.05) is 0 Å². The van der Waals surface area contributed by atoms with Gasteiger partial charge in [-0.25, -0.2) is 4.39 Å². The molecule has 0 bridgehead atoms. The van der Waals surface area contributed by atoms with Gasteiger partial charge in [0, 0.05) is 5.56 Å². The van der Waals surface area contributed by atoms with E-state index in [1.54, 1.807) is 13.0 Å². The SMILES string of the molecule is Cc1cc(F)cc(C(=O)C(Cl)Cl)c1. The topological polar surface area (TPSA) is 17.1 Å². The summed E-state index contributed by atoms with van der Waals surface area (Å²) in [4.78, 5) is 10.1. The molecular formula is C9H7Cl2FO. The molecule has 0 aromatic heterocycles. The summed E-state index contributed by atoms with van der Waals surface area (Å²) in [7, 11) is 0. The Hall–Kier alpha value is -0.600. The van der Waals surface area contributed by atoms with Gasteiger partial charge < -0.3 is 0 Å². The molecule has 4 heteroatoms. The summed E-state index contributed by atoms with van der Waals surface area (Å²) >= 11 is 10.7. The molecule has 0 aliphatic rings. The molecule has 13 heavy (non-hydrogen) atoms. The third-order valence-electron chi connectivity index (χ3n) is 1.52. The molecule has 1 aromatic carbocycles. The minimum absolute atomic E-state index is 0.201. The molecule has 0 N–H and O–H groups in total. The fourth-order valence-electron chi connectivity index (χ4n) is 1.00. The summed E-state index contributed by atoms with van der Waals surface area (Å²) in [5, 5.41) is 0. The number of hydrogen-bond acceptors (Lipinski definition) is 1. The largest absolute Gasteiger partial charge is 0.291 e. The number of Topliss-reactive ketones (excluding diaryl/α,β-unsaturated/α-hetero) is 1. The highest BCUT2D eigenvalue weighted by atomic mass is 35.5. The minimum atomic E-state index is -1.14. The standard InChI is InChI=1S/C9H7Cl2FO/c1-5-2-6(4-7(12)3-5)8(13)9(10)11/h2-4,9H,1H3. The molecule has 0 spiro atoms. The van der Waals surface area contributed by atoms with E-state index in [2.05, 4.69) is 0 Å². The van der Waals surface area contributed by atoms with E-state index >= 15 is 0 Å². The molecule has 1 rings (SSSR count). The summed E-state index contributed by atoms with van der Waals surface area (Å²) in [6.45, 7) is 1.69. The minimum Gasteiger partial charge on any atom is -0.291 e. The van der Waals surface area contributed by atoms with Gasteiger partial charge >= 0.3 is 0 Å². The Kier molecular flexibility index (Phi) is 3.28. The van der Waals surface area contributed by atoms with E-state index in [-0.39, 0.29) is 5.56 Å². The lowest BCUT2D eigenvalue weighted by Crippen LogP contribution is -2.08. The summed E-state index contributed by atoms with van der Waals surface area (Å²) in [6.07, 6.45) is 0. The molecule has 70 valence electrons. The number of rotatable bonds is 2. The first-order valence-corrected chi connectivity index (χ1v) is 4.47. The van der Waals surface area contributed by atoms with Crippen LogP contribution in [0.15, 0.2) is 18.2 Å². The van der Waals surface area contributed by atoms with Crippen LogP contribution in [-0.4, -0.2) is 10.6 Å². The van der Waals surface area contributed by atoms with Crippen molar-refractivity contribution < 1.29 is 9.18 Å². The quantitative estimate of drug-likeness (QED) is 0.553. The van der Waals surface area contributed by atoms with E-state index in [1.807, 2.05) is 0 Å². The Labute approximate surface area is 85.5 Å². The number of hydrogen-bond donors (Lipinski definition) is 0. The van der Waals surface area contributed by atoms with E-state index < -0.39 is 16.4 Å². The van der Waals surface area contributed by atoms with E-state index in [0.29, 0.717) is 5.56 Å². The predicted molar refractivity (Wildman–Crippen MR) is 51.0 cm³/mol. The van der Waals surface area contributed by atoms with Crippen molar-refractivity contribution in [1.82, 2.24) is 0 Å². The first-order valence-electron chi connectivity index (χ1n) is 3.60. The zero-order valence-electron chi connectivity index (χ0n) is 6.85. The number of carbonyl (C=O) groups is 1. The van der Waals surface area contributed by atoms with Gasteiger partial charge in [-0.3, -0.25) is 4.79 Å². The van der Waals surface area contributed by atoms with Gasteiger partial charge in [0.05, 0.1) is 0 Å². The number of benzene rings is 1. The second kappa shape index (κ2) is 4.07. The molecule has 1 aromatic rings. The molecule has 0 amide bonds. The lowest BCUT2D eigenvalue weighted by molar-refractivity contribution is 0.101. The van der Waals surface area contributed by atoms with Crippen molar-refractivity contribution in [2.24, 2.45) is 0 Å². The van der Waals surface area contributed by atoms with E-state index in [9.17, 15) is 9.18 Å². The maximum Gasteiger partial charge on any atom is 0.195 e. The summed E-state index contributed by atoms with van der Waals surface area (Å²) in [5.41, 5.74) is 0.866. The molecule has 0 saturated carbocycles. The van der Waals surface area contributed by atoms with Crippen LogP contribution in [0.25, 0.3) is 0 Å². The third-order valence-corrected chi connectivity index (χ3v) is 1.92. The van der Waals surface area contributed by atoms with Crippen LogP contribution in [0.5, 0.6) is 0 Å². The Balaban J connectivity index is 3.08. The maximum atomic E-state index is 12.8. The van der Waals surface area contributed by atoms with Gasteiger partial charge in [0.15, 0.2) is 10.6 Å². The summed E-state index contributed by atoms with van der Waals surface area (Å²) in [6, 6.07) is 3.99. The number of aryl methyl sites for hydroxylation is 1. The average Bonchev–Trinajstić information content (AvgIpc) is 2.01. The number of carbonyl (C=O) groups excluding carboxylic acids is 1. The monoisotopic (exact) mass is 220 g/mol. The Morgan fingerprint density at radius 3 is 2.46 bits per heavy atom. The van der Waals surface area contributed by atoms with E-state index in [1.165, 1.54) is 6.07 Å². The Morgan fingerprint density at radius 2 is 2.00 bits per heavy atom. The van der Waals surface area contributed by atoms with Crippen LogP contribution in [0.3, 0.4) is 0 Å². The molecule has 0 saturated heterocycles. The Bertz CT molecular complexity index is 316. The molecule has 0 fully saturated rings. The van der Waals surface area contributed by atoms with Crippen molar-refractivity contribution in [3.8, 4) is 0 Å². The highest BCUT2D eigenvalue weighted by Gasteiger charge is 2.14. The zero-order valence-corrected chi connectivity index (χ0v) is 8.36.